The molecule has 4 nitrogen and oxygen atoms in total. The molecule has 0 aliphatic heterocycles. The van der Waals surface area contributed by atoms with Gasteiger partial charge in [-0.3, -0.25) is 0 Å². The van der Waals surface area contributed by atoms with Crippen LogP contribution in [0.2, 0.25) is 0 Å². The first-order valence-electron chi connectivity index (χ1n) is 8.86. The zero-order valence-electron chi connectivity index (χ0n) is 16.0. The van der Waals surface area contributed by atoms with Crippen molar-refractivity contribution in [2.45, 2.75) is 33.1 Å². The summed E-state index contributed by atoms with van der Waals surface area (Å²) in [6, 6.07) is 7.39. The Morgan fingerprint density at radius 2 is 1.46 bits per heavy atom. The molecule has 2 rings (SSSR count). The van der Waals surface area contributed by atoms with Gasteiger partial charge in [0.1, 0.15) is 0 Å². The molecule has 1 unspecified atom stereocenters. The third-order valence-corrected chi connectivity index (χ3v) is 4.66. The fourth-order valence-corrected chi connectivity index (χ4v) is 3.00. The summed E-state index contributed by atoms with van der Waals surface area (Å²) < 4.78 is 10.7. The number of methoxy groups -OCH3 is 2. The molecule has 0 spiro atoms. The minimum atomic E-state index is -0.00152. The van der Waals surface area contributed by atoms with Crippen LogP contribution in [0.25, 0.3) is 11.1 Å². The number of aromatic hydroxyl groups is 2. The second-order valence-electron chi connectivity index (χ2n) is 6.60. The molecule has 2 N–H and O–H groups in total. The molecule has 0 fully saturated rings. The van der Waals surface area contributed by atoms with E-state index in [1.165, 1.54) is 14.2 Å². The van der Waals surface area contributed by atoms with Gasteiger partial charge in [-0.2, -0.15) is 0 Å². The summed E-state index contributed by atoms with van der Waals surface area (Å²) in [5.74, 6) is 1.28. The summed E-state index contributed by atoms with van der Waals surface area (Å²) >= 11 is 0. The van der Waals surface area contributed by atoms with Gasteiger partial charge in [0, 0.05) is 11.1 Å². The van der Waals surface area contributed by atoms with Crippen molar-refractivity contribution in [3.05, 3.63) is 48.0 Å². The first-order chi connectivity index (χ1) is 12.4. The predicted octanol–water partition coefficient (Wildman–Crippen LogP) is 5.10. The number of allylic oxidation sites excluding steroid dienone is 1. The number of phenolic OH excluding ortho intramolecular Hbond substituents is 2. The summed E-state index contributed by atoms with van der Waals surface area (Å²) in [5.41, 5.74) is 3.04. The van der Waals surface area contributed by atoms with Crippen molar-refractivity contribution in [1.82, 2.24) is 0 Å². The summed E-state index contributed by atoms with van der Waals surface area (Å²) in [5, 5.41) is 21.3. The van der Waals surface area contributed by atoms with Gasteiger partial charge in [-0.1, -0.05) is 26.3 Å². The minimum absolute atomic E-state index is 0.00152. The molecule has 0 saturated heterocycles. The molecule has 26 heavy (non-hydrogen) atoms. The van der Waals surface area contributed by atoms with Crippen LogP contribution in [-0.2, 0) is 12.8 Å². The fraction of sp³-hybridized carbons (Fsp3) is 0.364. The average Bonchev–Trinajstić information content (AvgIpc) is 2.64. The molecular formula is C22H28O4. The van der Waals surface area contributed by atoms with Crippen molar-refractivity contribution in [2.24, 2.45) is 5.92 Å². The number of hydrogen-bond donors (Lipinski definition) is 2. The zero-order chi connectivity index (χ0) is 19.3. The molecule has 0 saturated carbocycles. The SMILES string of the molecule is C=CCc1cc(OC)c(O)c(-c2cc(CC(C)CC)cc(OC)c2O)c1. The maximum atomic E-state index is 10.7. The van der Waals surface area contributed by atoms with Crippen molar-refractivity contribution in [1.29, 1.82) is 0 Å². The molecule has 0 aliphatic carbocycles. The van der Waals surface area contributed by atoms with E-state index in [0.717, 1.165) is 24.0 Å². The number of ether oxygens (including phenoxy) is 2. The number of hydrogen-bond acceptors (Lipinski definition) is 4. The van der Waals surface area contributed by atoms with Crippen LogP contribution in [0, 0.1) is 5.92 Å². The molecule has 2 aromatic carbocycles. The Morgan fingerprint density at radius 1 is 0.962 bits per heavy atom. The van der Waals surface area contributed by atoms with E-state index < -0.39 is 0 Å². The van der Waals surface area contributed by atoms with E-state index in [0.29, 0.717) is 35.0 Å². The fourth-order valence-electron chi connectivity index (χ4n) is 3.00. The Labute approximate surface area is 155 Å². The van der Waals surface area contributed by atoms with Gasteiger partial charge in [-0.15, -0.1) is 6.58 Å². The van der Waals surface area contributed by atoms with Crippen LogP contribution in [0.1, 0.15) is 31.4 Å². The summed E-state index contributed by atoms with van der Waals surface area (Å²) in [4.78, 5) is 0. The van der Waals surface area contributed by atoms with E-state index in [4.69, 9.17) is 9.47 Å². The molecule has 1 atom stereocenters. The van der Waals surface area contributed by atoms with E-state index in [9.17, 15) is 10.2 Å². The maximum Gasteiger partial charge on any atom is 0.165 e. The second-order valence-corrected chi connectivity index (χ2v) is 6.60. The molecular weight excluding hydrogens is 328 g/mol. The van der Waals surface area contributed by atoms with Crippen LogP contribution in [-0.4, -0.2) is 24.4 Å². The minimum Gasteiger partial charge on any atom is -0.504 e. The highest BCUT2D eigenvalue weighted by Crippen LogP contribution is 2.45. The Balaban J connectivity index is 2.67. The topological polar surface area (TPSA) is 58.9 Å². The van der Waals surface area contributed by atoms with E-state index in [2.05, 4.69) is 20.4 Å². The highest BCUT2D eigenvalue weighted by molar-refractivity contribution is 5.81. The van der Waals surface area contributed by atoms with Gasteiger partial charge in [-0.25, -0.2) is 0 Å². The van der Waals surface area contributed by atoms with Crippen LogP contribution in [0.3, 0.4) is 0 Å². The standard InChI is InChI=1S/C22H28O4/c1-6-8-15-10-17(21(23)19(12-15)25-4)18-11-16(9-14(3)7-2)13-20(26-5)22(18)24/h6,10-14,23-24H,1,7-9H2,2-5H3. The zero-order valence-corrected chi connectivity index (χ0v) is 16.0. The summed E-state index contributed by atoms with van der Waals surface area (Å²) in [6.07, 6.45) is 4.35. The van der Waals surface area contributed by atoms with Gasteiger partial charge in [-0.05, 0) is 54.2 Å². The van der Waals surface area contributed by atoms with Crippen molar-refractivity contribution < 1.29 is 19.7 Å². The van der Waals surface area contributed by atoms with Crippen LogP contribution in [0.15, 0.2) is 36.9 Å². The molecule has 0 bridgehead atoms. The van der Waals surface area contributed by atoms with Crippen LogP contribution >= 0.6 is 0 Å². The lowest BCUT2D eigenvalue weighted by molar-refractivity contribution is 0.370. The summed E-state index contributed by atoms with van der Waals surface area (Å²) in [7, 11) is 3.04. The van der Waals surface area contributed by atoms with Crippen LogP contribution in [0.4, 0.5) is 0 Å². The van der Waals surface area contributed by atoms with Crippen molar-refractivity contribution in [3.8, 4) is 34.1 Å². The third-order valence-electron chi connectivity index (χ3n) is 4.66. The molecule has 0 amide bonds. The number of benzene rings is 2. The predicted molar refractivity (Wildman–Crippen MR) is 105 cm³/mol. The lowest BCUT2D eigenvalue weighted by Gasteiger charge is -2.17. The normalized spacial score (nSPS) is 11.8. The van der Waals surface area contributed by atoms with Crippen molar-refractivity contribution in [3.63, 3.8) is 0 Å². The van der Waals surface area contributed by atoms with Crippen molar-refractivity contribution >= 4 is 0 Å². The number of phenols is 2. The lowest BCUT2D eigenvalue weighted by atomic mass is 9.93. The molecule has 0 aromatic heterocycles. The smallest absolute Gasteiger partial charge is 0.165 e. The second kappa shape index (κ2) is 8.65. The first-order valence-corrected chi connectivity index (χ1v) is 8.86. The van der Waals surface area contributed by atoms with Crippen LogP contribution < -0.4 is 9.47 Å². The Kier molecular flexibility index (Phi) is 6.56. The third kappa shape index (κ3) is 4.13. The Morgan fingerprint density at radius 3 is 1.92 bits per heavy atom. The Bertz CT molecular complexity index is 780. The van der Waals surface area contributed by atoms with E-state index in [1.54, 1.807) is 12.1 Å². The van der Waals surface area contributed by atoms with Crippen molar-refractivity contribution in [2.75, 3.05) is 14.2 Å². The Hall–Kier alpha value is -2.62. The van der Waals surface area contributed by atoms with Gasteiger partial charge >= 0.3 is 0 Å². The first kappa shape index (κ1) is 19.7. The summed E-state index contributed by atoms with van der Waals surface area (Å²) in [6.45, 7) is 8.10. The van der Waals surface area contributed by atoms with Gasteiger partial charge in [0.05, 0.1) is 14.2 Å². The highest BCUT2D eigenvalue weighted by atomic mass is 16.5. The van der Waals surface area contributed by atoms with Gasteiger partial charge < -0.3 is 19.7 Å². The van der Waals surface area contributed by atoms with Gasteiger partial charge in [0.25, 0.3) is 0 Å². The largest absolute Gasteiger partial charge is 0.504 e. The van der Waals surface area contributed by atoms with Gasteiger partial charge in [0.15, 0.2) is 23.0 Å². The van der Waals surface area contributed by atoms with Crippen LogP contribution in [0.5, 0.6) is 23.0 Å². The average molecular weight is 356 g/mol. The lowest BCUT2D eigenvalue weighted by Crippen LogP contribution is -2.00. The molecule has 4 heteroatoms. The maximum absolute atomic E-state index is 10.7. The molecule has 0 radical (unpaired) electrons. The highest BCUT2D eigenvalue weighted by Gasteiger charge is 2.19. The molecule has 140 valence electrons. The van der Waals surface area contributed by atoms with Gasteiger partial charge in [0.2, 0.25) is 0 Å². The number of rotatable bonds is 8. The van der Waals surface area contributed by atoms with E-state index in [1.807, 2.05) is 18.2 Å². The molecule has 0 heterocycles. The van der Waals surface area contributed by atoms with E-state index >= 15 is 0 Å². The quantitative estimate of drug-likeness (QED) is 0.646. The van der Waals surface area contributed by atoms with E-state index in [-0.39, 0.29) is 11.5 Å². The molecule has 2 aromatic rings. The monoisotopic (exact) mass is 356 g/mol. The molecule has 0 aliphatic rings.